The minimum absolute atomic E-state index is 0.0409. The second kappa shape index (κ2) is 6.16. The van der Waals surface area contributed by atoms with Gasteiger partial charge in [0.05, 0.1) is 10.7 Å². The maximum atomic E-state index is 13.1. The van der Waals surface area contributed by atoms with E-state index in [1.165, 1.54) is 27.4 Å². The molecule has 0 bridgehead atoms. The number of hydrogen-bond donors (Lipinski definition) is 1. The molecule has 0 saturated heterocycles. The maximum Gasteiger partial charge on any atom is 0.291 e. The Bertz CT molecular complexity index is 1140. The first kappa shape index (κ1) is 17.4. The number of halogens is 2. The molecule has 25 heavy (non-hydrogen) atoms. The van der Waals surface area contributed by atoms with Gasteiger partial charge in [-0.3, -0.25) is 13.9 Å². The summed E-state index contributed by atoms with van der Waals surface area (Å²) in [6.45, 7) is 3.80. The van der Waals surface area contributed by atoms with Crippen LogP contribution >= 0.6 is 11.6 Å². The predicted molar refractivity (Wildman–Crippen MR) is 92.1 cm³/mol. The number of hydrogen-bond acceptors (Lipinski definition) is 4. The molecule has 0 amide bonds. The molecule has 0 unspecified atom stereocenters. The Kier molecular flexibility index (Phi) is 4.29. The Morgan fingerprint density at radius 1 is 1.32 bits per heavy atom. The number of anilines is 1. The van der Waals surface area contributed by atoms with E-state index in [9.17, 15) is 17.6 Å². The zero-order chi connectivity index (χ0) is 18.4. The van der Waals surface area contributed by atoms with Crippen LogP contribution in [-0.4, -0.2) is 22.6 Å². The predicted octanol–water partition coefficient (Wildman–Crippen LogP) is 2.42. The van der Waals surface area contributed by atoms with E-state index >= 15 is 0 Å². The SMILES string of the molecule is CCn1nc(C)n2cc(S(=O)(=O)Nc3ccc(F)cc3Cl)cc2c1=O. The van der Waals surface area contributed by atoms with Crippen LogP contribution in [0.15, 0.2) is 40.2 Å². The van der Waals surface area contributed by atoms with Gasteiger partial charge in [0, 0.05) is 12.7 Å². The van der Waals surface area contributed by atoms with Gasteiger partial charge in [0.1, 0.15) is 22.1 Å². The third kappa shape index (κ3) is 3.12. The summed E-state index contributed by atoms with van der Waals surface area (Å²) in [6.07, 6.45) is 1.30. The molecule has 10 heteroatoms. The van der Waals surface area contributed by atoms with Gasteiger partial charge in [-0.1, -0.05) is 11.6 Å². The zero-order valence-electron chi connectivity index (χ0n) is 13.3. The Balaban J connectivity index is 2.10. The molecule has 0 aliphatic heterocycles. The summed E-state index contributed by atoms with van der Waals surface area (Å²) >= 11 is 5.86. The van der Waals surface area contributed by atoms with E-state index < -0.39 is 21.4 Å². The van der Waals surface area contributed by atoms with Gasteiger partial charge in [0.2, 0.25) is 0 Å². The zero-order valence-corrected chi connectivity index (χ0v) is 14.9. The molecule has 3 rings (SSSR count). The minimum Gasteiger partial charge on any atom is -0.298 e. The Morgan fingerprint density at radius 3 is 2.68 bits per heavy atom. The first-order chi connectivity index (χ1) is 11.7. The van der Waals surface area contributed by atoms with E-state index in [0.29, 0.717) is 12.4 Å². The molecule has 132 valence electrons. The molecule has 2 aromatic heterocycles. The van der Waals surface area contributed by atoms with Crippen molar-refractivity contribution in [2.45, 2.75) is 25.3 Å². The average molecular weight is 385 g/mol. The molecular weight excluding hydrogens is 371 g/mol. The van der Waals surface area contributed by atoms with Crippen LogP contribution in [-0.2, 0) is 16.6 Å². The van der Waals surface area contributed by atoms with Gasteiger partial charge in [-0.2, -0.15) is 5.10 Å². The van der Waals surface area contributed by atoms with Gasteiger partial charge in [-0.15, -0.1) is 0 Å². The van der Waals surface area contributed by atoms with E-state index in [-0.39, 0.29) is 21.1 Å². The third-order valence-electron chi connectivity index (χ3n) is 3.65. The van der Waals surface area contributed by atoms with Crippen LogP contribution in [0.5, 0.6) is 0 Å². The average Bonchev–Trinajstić information content (AvgIpc) is 3.00. The second-order valence-electron chi connectivity index (χ2n) is 5.33. The largest absolute Gasteiger partial charge is 0.298 e. The van der Waals surface area contributed by atoms with Crippen LogP contribution in [0.4, 0.5) is 10.1 Å². The quantitative estimate of drug-likeness (QED) is 0.748. The molecule has 0 saturated carbocycles. The number of nitrogens with zero attached hydrogens (tertiary/aromatic N) is 3. The molecule has 0 atom stereocenters. The summed E-state index contributed by atoms with van der Waals surface area (Å²) in [5.74, 6) is -0.109. The third-order valence-corrected chi connectivity index (χ3v) is 5.29. The van der Waals surface area contributed by atoms with Crippen molar-refractivity contribution >= 4 is 32.8 Å². The highest BCUT2D eigenvalue weighted by molar-refractivity contribution is 7.92. The molecule has 2 heterocycles. The van der Waals surface area contributed by atoms with E-state index in [0.717, 1.165) is 12.1 Å². The number of aromatic nitrogens is 3. The van der Waals surface area contributed by atoms with Crippen molar-refractivity contribution in [3.05, 3.63) is 57.5 Å². The lowest BCUT2D eigenvalue weighted by Gasteiger charge is -2.08. The van der Waals surface area contributed by atoms with Crippen LogP contribution in [0.3, 0.4) is 0 Å². The van der Waals surface area contributed by atoms with Gasteiger partial charge in [-0.05, 0) is 38.1 Å². The molecule has 0 spiro atoms. The van der Waals surface area contributed by atoms with Gasteiger partial charge in [0.15, 0.2) is 0 Å². The summed E-state index contributed by atoms with van der Waals surface area (Å²) in [7, 11) is -4.02. The number of benzene rings is 1. The monoisotopic (exact) mass is 384 g/mol. The van der Waals surface area contributed by atoms with Crippen LogP contribution in [0, 0.1) is 12.7 Å². The van der Waals surface area contributed by atoms with E-state index in [2.05, 4.69) is 9.82 Å². The maximum absolute atomic E-state index is 13.1. The van der Waals surface area contributed by atoms with Crippen molar-refractivity contribution < 1.29 is 12.8 Å². The van der Waals surface area contributed by atoms with Crippen LogP contribution in [0.1, 0.15) is 12.7 Å². The molecule has 0 aliphatic carbocycles. The van der Waals surface area contributed by atoms with Crippen molar-refractivity contribution in [2.75, 3.05) is 4.72 Å². The molecule has 1 aromatic carbocycles. The smallest absolute Gasteiger partial charge is 0.291 e. The van der Waals surface area contributed by atoms with E-state index in [4.69, 9.17) is 11.6 Å². The summed E-state index contributed by atoms with van der Waals surface area (Å²) in [5, 5.41) is 4.04. The Labute approximate surface area is 147 Å². The standard InChI is InChI=1S/C15H14ClFN4O3S/c1-3-21-15(22)14-7-11(8-20(14)9(2)18-21)25(23,24)19-13-5-4-10(17)6-12(13)16/h4-8,19H,3H2,1-2H3. The summed E-state index contributed by atoms with van der Waals surface area (Å²) in [4.78, 5) is 12.2. The van der Waals surface area contributed by atoms with Crippen LogP contribution < -0.4 is 10.3 Å². The number of fused-ring (bicyclic) bond motifs is 1. The molecule has 0 aliphatic rings. The van der Waals surface area contributed by atoms with E-state index in [1.807, 2.05) is 0 Å². The van der Waals surface area contributed by atoms with Crippen molar-refractivity contribution in [3.63, 3.8) is 0 Å². The fraction of sp³-hybridized carbons (Fsp3) is 0.200. The van der Waals surface area contributed by atoms with Crippen LogP contribution in [0.25, 0.3) is 5.52 Å². The summed E-state index contributed by atoms with van der Waals surface area (Å²) in [5.41, 5.74) is -0.159. The van der Waals surface area contributed by atoms with Gasteiger partial charge in [0.25, 0.3) is 15.6 Å². The lowest BCUT2D eigenvalue weighted by Crippen LogP contribution is -2.25. The number of sulfonamides is 1. The molecule has 0 radical (unpaired) electrons. The van der Waals surface area contributed by atoms with E-state index in [1.54, 1.807) is 13.8 Å². The van der Waals surface area contributed by atoms with Crippen molar-refractivity contribution in [3.8, 4) is 0 Å². The minimum atomic E-state index is -4.02. The first-order valence-corrected chi connectivity index (χ1v) is 9.16. The normalized spacial score (nSPS) is 11.8. The lowest BCUT2D eigenvalue weighted by atomic mass is 10.3. The molecule has 1 N–H and O–H groups in total. The van der Waals surface area contributed by atoms with Crippen molar-refractivity contribution in [1.29, 1.82) is 0 Å². The van der Waals surface area contributed by atoms with Gasteiger partial charge >= 0.3 is 0 Å². The topological polar surface area (TPSA) is 85.5 Å². The fourth-order valence-electron chi connectivity index (χ4n) is 2.41. The lowest BCUT2D eigenvalue weighted by molar-refractivity contribution is 0.592. The summed E-state index contributed by atoms with van der Waals surface area (Å²) < 4.78 is 43.2. The van der Waals surface area contributed by atoms with Gasteiger partial charge < -0.3 is 0 Å². The summed E-state index contributed by atoms with van der Waals surface area (Å²) in [6, 6.07) is 4.59. The number of rotatable bonds is 4. The highest BCUT2D eigenvalue weighted by Crippen LogP contribution is 2.26. The number of nitrogens with one attached hydrogen (secondary N) is 1. The van der Waals surface area contributed by atoms with Crippen molar-refractivity contribution in [2.24, 2.45) is 0 Å². The molecule has 0 fully saturated rings. The fourth-order valence-corrected chi connectivity index (χ4v) is 3.78. The highest BCUT2D eigenvalue weighted by atomic mass is 35.5. The van der Waals surface area contributed by atoms with Crippen molar-refractivity contribution in [1.82, 2.24) is 14.2 Å². The van der Waals surface area contributed by atoms with Crippen LogP contribution in [0.2, 0.25) is 5.02 Å². The molecule has 3 aromatic rings. The first-order valence-electron chi connectivity index (χ1n) is 7.30. The molecular formula is C15H14ClFN4O3S. The Hall–Kier alpha value is -2.39. The molecule has 7 nitrogen and oxygen atoms in total. The number of aryl methyl sites for hydroxylation is 2. The highest BCUT2D eigenvalue weighted by Gasteiger charge is 2.20. The second-order valence-corrected chi connectivity index (χ2v) is 7.42. The Morgan fingerprint density at radius 2 is 2.04 bits per heavy atom. The van der Waals surface area contributed by atoms with Gasteiger partial charge in [-0.25, -0.2) is 17.5 Å².